The molecule has 3 heteroatoms. The van der Waals surface area contributed by atoms with Crippen molar-refractivity contribution < 1.29 is 9.47 Å². The third-order valence-electron chi connectivity index (χ3n) is 2.97. The Labute approximate surface area is 114 Å². The lowest BCUT2D eigenvalue weighted by Gasteiger charge is -2.08. The summed E-state index contributed by atoms with van der Waals surface area (Å²) in [4.78, 5) is 0. The molecule has 0 atom stereocenters. The van der Waals surface area contributed by atoms with Crippen LogP contribution in [0.15, 0.2) is 48.5 Å². The lowest BCUT2D eigenvalue weighted by Crippen LogP contribution is -2.04. The molecule has 2 aromatic carbocycles. The van der Waals surface area contributed by atoms with Crippen molar-refractivity contribution >= 4 is 5.69 Å². The van der Waals surface area contributed by atoms with E-state index in [-0.39, 0.29) is 0 Å². The molecule has 0 heterocycles. The average Bonchev–Trinajstić information content (AvgIpc) is 2.48. The minimum Gasteiger partial charge on any atom is -0.497 e. The zero-order valence-electron chi connectivity index (χ0n) is 11.3. The number of methoxy groups -OCH3 is 2. The van der Waals surface area contributed by atoms with Crippen LogP contribution < -0.4 is 14.8 Å². The predicted molar refractivity (Wildman–Crippen MR) is 78.2 cm³/mol. The molecule has 0 aliphatic heterocycles. The van der Waals surface area contributed by atoms with Crippen LogP contribution in [0.1, 0.15) is 5.56 Å². The number of benzene rings is 2. The minimum absolute atomic E-state index is 0.870. The van der Waals surface area contributed by atoms with Gasteiger partial charge in [-0.25, -0.2) is 0 Å². The van der Waals surface area contributed by atoms with Gasteiger partial charge >= 0.3 is 0 Å². The Hall–Kier alpha value is -2.16. The van der Waals surface area contributed by atoms with Crippen LogP contribution in [-0.2, 0) is 6.42 Å². The second-order valence-corrected chi connectivity index (χ2v) is 4.26. The number of hydrogen-bond acceptors (Lipinski definition) is 3. The standard InChI is InChI=1S/C16H19NO2/c1-18-15-8-6-13(7-9-15)10-11-17-14-4-3-5-16(12-14)19-2/h3-9,12,17H,10-11H2,1-2H3. The van der Waals surface area contributed by atoms with Crippen LogP contribution in [0.2, 0.25) is 0 Å². The third-order valence-corrected chi connectivity index (χ3v) is 2.97. The van der Waals surface area contributed by atoms with E-state index in [9.17, 15) is 0 Å². The number of rotatable bonds is 6. The topological polar surface area (TPSA) is 30.5 Å². The molecule has 0 aliphatic rings. The number of ether oxygens (including phenoxy) is 2. The molecular weight excluding hydrogens is 238 g/mol. The van der Waals surface area contributed by atoms with E-state index in [0.29, 0.717) is 0 Å². The Morgan fingerprint density at radius 3 is 2.32 bits per heavy atom. The van der Waals surface area contributed by atoms with Gasteiger partial charge in [-0.15, -0.1) is 0 Å². The van der Waals surface area contributed by atoms with E-state index in [0.717, 1.165) is 30.2 Å². The van der Waals surface area contributed by atoms with Gasteiger partial charge in [0.1, 0.15) is 11.5 Å². The first-order valence-electron chi connectivity index (χ1n) is 6.32. The molecule has 100 valence electrons. The summed E-state index contributed by atoms with van der Waals surface area (Å²) in [5.41, 5.74) is 2.36. The van der Waals surface area contributed by atoms with Crippen molar-refractivity contribution in [1.82, 2.24) is 0 Å². The van der Waals surface area contributed by atoms with Gasteiger partial charge in [0.15, 0.2) is 0 Å². The van der Waals surface area contributed by atoms with E-state index in [1.165, 1.54) is 5.56 Å². The van der Waals surface area contributed by atoms with Gasteiger partial charge in [0, 0.05) is 18.3 Å². The predicted octanol–water partition coefficient (Wildman–Crippen LogP) is 3.36. The van der Waals surface area contributed by atoms with Crippen molar-refractivity contribution in [3.8, 4) is 11.5 Å². The first kappa shape index (κ1) is 13.3. The van der Waals surface area contributed by atoms with E-state index in [1.54, 1.807) is 14.2 Å². The quantitative estimate of drug-likeness (QED) is 0.860. The highest BCUT2D eigenvalue weighted by Crippen LogP contribution is 2.17. The maximum Gasteiger partial charge on any atom is 0.120 e. The molecule has 0 saturated heterocycles. The average molecular weight is 257 g/mol. The van der Waals surface area contributed by atoms with Crippen LogP contribution in [0, 0.1) is 0 Å². The minimum atomic E-state index is 0.870. The van der Waals surface area contributed by atoms with Crippen LogP contribution in [0.5, 0.6) is 11.5 Å². The first-order chi connectivity index (χ1) is 9.31. The van der Waals surface area contributed by atoms with Gasteiger partial charge in [0.25, 0.3) is 0 Å². The molecule has 1 N–H and O–H groups in total. The molecule has 0 bridgehead atoms. The van der Waals surface area contributed by atoms with Crippen molar-refractivity contribution in [3.63, 3.8) is 0 Å². The lowest BCUT2D eigenvalue weighted by atomic mass is 10.1. The van der Waals surface area contributed by atoms with E-state index in [1.807, 2.05) is 36.4 Å². The normalized spacial score (nSPS) is 10.0. The highest BCUT2D eigenvalue weighted by molar-refractivity contribution is 5.48. The summed E-state index contributed by atoms with van der Waals surface area (Å²) in [5, 5.41) is 3.39. The van der Waals surface area contributed by atoms with Gasteiger partial charge in [0.2, 0.25) is 0 Å². The highest BCUT2D eigenvalue weighted by Gasteiger charge is 1.97. The fraction of sp³-hybridized carbons (Fsp3) is 0.250. The summed E-state index contributed by atoms with van der Waals surface area (Å²) < 4.78 is 10.3. The smallest absolute Gasteiger partial charge is 0.120 e. The fourth-order valence-electron chi connectivity index (χ4n) is 1.88. The highest BCUT2D eigenvalue weighted by atomic mass is 16.5. The van der Waals surface area contributed by atoms with Crippen molar-refractivity contribution in [2.24, 2.45) is 0 Å². The van der Waals surface area contributed by atoms with Crippen LogP contribution in [0.3, 0.4) is 0 Å². The number of anilines is 1. The Balaban J connectivity index is 1.85. The van der Waals surface area contributed by atoms with Crippen molar-refractivity contribution in [2.75, 3.05) is 26.1 Å². The van der Waals surface area contributed by atoms with Crippen molar-refractivity contribution in [1.29, 1.82) is 0 Å². The van der Waals surface area contributed by atoms with Gasteiger partial charge in [-0.1, -0.05) is 18.2 Å². The van der Waals surface area contributed by atoms with E-state index >= 15 is 0 Å². The summed E-state index contributed by atoms with van der Waals surface area (Å²) in [5.74, 6) is 1.76. The van der Waals surface area contributed by atoms with Crippen LogP contribution >= 0.6 is 0 Å². The Kier molecular flexibility index (Phi) is 4.67. The van der Waals surface area contributed by atoms with Gasteiger partial charge in [-0.05, 0) is 36.2 Å². The Morgan fingerprint density at radius 2 is 1.63 bits per heavy atom. The molecule has 2 rings (SSSR count). The van der Waals surface area contributed by atoms with E-state index < -0.39 is 0 Å². The molecule has 0 saturated carbocycles. The van der Waals surface area contributed by atoms with E-state index in [4.69, 9.17) is 9.47 Å². The lowest BCUT2D eigenvalue weighted by molar-refractivity contribution is 0.414. The summed E-state index contributed by atoms with van der Waals surface area (Å²) >= 11 is 0. The molecule has 19 heavy (non-hydrogen) atoms. The zero-order chi connectivity index (χ0) is 13.5. The van der Waals surface area contributed by atoms with Crippen LogP contribution in [0.4, 0.5) is 5.69 Å². The molecule has 0 radical (unpaired) electrons. The molecule has 0 unspecified atom stereocenters. The SMILES string of the molecule is COc1ccc(CCNc2cccc(OC)c2)cc1. The second kappa shape index (κ2) is 6.69. The largest absolute Gasteiger partial charge is 0.497 e. The molecule has 0 fully saturated rings. The third kappa shape index (κ3) is 3.91. The van der Waals surface area contributed by atoms with Gasteiger partial charge < -0.3 is 14.8 Å². The fourth-order valence-corrected chi connectivity index (χ4v) is 1.88. The Bertz CT molecular complexity index is 508. The molecule has 0 amide bonds. The van der Waals surface area contributed by atoms with Crippen LogP contribution in [-0.4, -0.2) is 20.8 Å². The summed E-state index contributed by atoms with van der Waals surface area (Å²) in [6, 6.07) is 16.1. The number of hydrogen-bond donors (Lipinski definition) is 1. The van der Waals surface area contributed by atoms with E-state index in [2.05, 4.69) is 17.4 Å². The number of nitrogens with one attached hydrogen (secondary N) is 1. The summed E-state index contributed by atoms with van der Waals surface area (Å²) in [6.07, 6.45) is 0.973. The van der Waals surface area contributed by atoms with Crippen molar-refractivity contribution in [2.45, 2.75) is 6.42 Å². The molecule has 0 aliphatic carbocycles. The van der Waals surface area contributed by atoms with Crippen LogP contribution in [0.25, 0.3) is 0 Å². The first-order valence-corrected chi connectivity index (χ1v) is 6.32. The summed E-state index contributed by atoms with van der Waals surface area (Å²) in [6.45, 7) is 0.888. The Morgan fingerprint density at radius 1 is 0.895 bits per heavy atom. The molecule has 3 nitrogen and oxygen atoms in total. The maximum atomic E-state index is 5.19. The second-order valence-electron chi connectivity index (χ2n) is 4.26. The molecule has 0 aromatic heterocycles. The van der Waals surface area contributed by atoms with Crippen molar-refractivity contribution in [3.05, 3.63) is 54.1 Å². The zero-order valence-corrected chi connectivity index (χ0v) is 11.3. The molecular formula is C16H19NO2. The monoisotopic (exact) mass is 257 g/mol. The van der Waals surface area contributed by atoms with Gasteiger partial charge in [0.05, 0.1) is 14.2 Å². The maximum absolute atomic E-state index is 5.19. The molecule has 2 aromatic rings. The van der Waals surface area contributed by atoms with Gasteiger partial charge in [-0.2, -0.15) is 0 Å². The van der Waals surface area contributed by atoms with Gasteiger partial charge in [-0.3, -0.25) is 0 Å². The molecule has 0 spiro atoms. The summed E-state index contributed by atoms with van der Waals surface area (Å²) in [7, 11) is 3.36.